The third-order valence-electron chi connectivity index (χ3n) is 2.40. The van der Waals surface area contributed by atoms with Gasteiger partial charge in [0.2, 0.25) is 0 Å². The third-order valence-corrected chi connectivity index (χ3v) is 2.40. The number of hydrogen-bond donors (Lipinski definition) is 0. The van der Waals surface area contributed by atoms with Crippen molar-refractivity contribution < 1.29 is 13.9 Å². The molecule has 4 nitrogen and oxygen atoms in total. The molecule has 1 heterocycles. The second-order valence-corrected chi connectivity index (χ2v) is 3.95. The van der Waals surface area contributed by atoms with Crippen LogP contribution in [-0.2, 0) is 9.53 Å². The topological polar surface area (TPSA) is 56.5 Å². The lowest BCUT2D eigenvalue weighted by molar-refractivity contribution is -0.134. The Morgan fingerprint density at radius 1 is 1.39 bits per heavy atom. The summed E-state index contributed by atoms with van der Waals surface area (Å²) in [5.74, 6) is 0.0253. The molecule has 0 aliphatic heterocycles. The summed E-state index contributed by atoms with van der Waals surface area (Å²) >= 11 is 0. The first-order valence-electron chi connectivity index (χ1n) is 5.45. The Morgan fingerprint density at radius 2 is 2.17 bits per heavy atom. The Kier molecular flexibility index (Phi) is 3.28. The average Bonchev–Trinajstić information content (AvgIpc) is 2.52. The van der Waals surface area contributed by atoms with Crippen molar-refractivity contribution in [3.05, 3.63) is 57.2 Å². The largest absolute Gasteiger partial charge is 0.427 e. The quantitative estimate of drug-likeness (QED) is 0.565. The lowest BCUT2D eigenvalue weighted by atomic mass is 10.3. The molecule has 0 saturated heterocycles. The predicted molar refractivity (Wildman–Crippen MR) is 66.8 cm³/mol. The van der Waals surface area contributed by atoms with E-state index in [2.05, 4.69) is 6.58 Å². The van der Waals surface area contributed by atoms with Gasteiger partial charge in [0.25, 0.3) is 0 Å². The van der Waals surface area contributed by atoms with Crippen molar-refractivity contribution in [2.45, 2.75) is 13.3 Å². The van der Waals surface area contributed by atoms with Crippen molar-refractivity contribution in [3.63, 3.8) is 0 Å². The first-order valence-corrected chi connectivity index (χ1v) is 5.45. The number of carbonyl (C=O) groups is 1. The second kappa shape index (κ2) is 4.87. The Labute approximate surface area is 103 Å². The van der Waals surface area contributed by atoms with Crippen LogP contribution in [0.15, 0.2) is 45.3 Å². The lowest BCUT2D eigenvalue weighted by Crippen LogP contribution is -2.27. The maximum absolute atomic E-state index is 11.4. The van der Waals surface area contributed by atoms with Gasteiger partial charge < -0.3 is 9.15 Å². The lowest BCUT2D eigenvalue weighted by Gasteiger charge is -2.04. The van der Waals surface area contributed by atoms with Gasteiger partial charge in [-0.2, -0.15) is 0 Å². The Morgan fingerprint density at radius 3 is 2.89 bits per heavy atom. The van der Waals surface area contributed by atoms with E-state index in [-0.39, 0.29) is 0 Å². The van der Waals surface area contributed by atoms with E-state index < -0.39 is 11.6 Å². The van der Waals surface area contributed by atoms with E-state index in [1.54, 1.807) is 31.2 Å². The number of esters is 1. The summed E-state index contributed by atoms with van der Waals surface area (Å²) < 4.78 is 10.2. The highest BCUT2D eigenvalue weighted by molar-refractivity contribution is 5.87. The van der Waals surface area contributed by atoms with Gasteiger partial charge in [0.05, 0.1) is 0 Å². The Bertz CT molecular complexity index is 704. The zero-order chi connectivity index (χ0) is 13.1. The fourth-order valence-electron chi connectivity index (χ4n) is 1.46. The molecule has 0 fully saturated rings. The van der Waals surface area contributed by atoms with Crippen LogP contribution >= 0.6 is 0 Å². The van der Waals surface area contributed by atoms with Gasteiger partial charge in [0.1, 0.15) is 11.2 Å². The van der Waals surface area contributed by atoms with Gasteiger partial charge in [-0.1, -0.05) is 6.58 Å². The van der Waals surface area contributed by atoms with Crippen LogP contribution < -0.4 is 16.3 Å². The fraction of sp³-hybridized carbons (Fsp3) is 0.143. The molecule has 18 heavy (non-hydrogen) atoms. The second-order valence-electron chi connectivity index (χ2n) is 3.95. The zero-order valence-corrected chi connectivity index (χ0v) is 9.93. The van der Waals surface area contributed by atoms with Gasteiger partial charge in [0, 0.05) is 23.3 Å². The van der Waals surface area contributed by atoms with E-state index in [4.69, 9.17) is 9.15 Å². The predicted octanol–water partition coefficient (Wildman–Crippen LogP) is 0.608. The van der Waals surface area contributed by atoms with Crippen molar-refractivity contribution >= 4 is 18.1 Å². The van der Waals surface area contributed by atoms with Crippen molar-refractivity contribution in [3.8, 4) is 0 Å². The molecule has 92 valence electrons. The van der Waals surface area contributed by atoms with Crippen LogP contribution in [0, 0.1) is 0 Å². The minimum absolute atomic E-state index is 0.337. The molecule has 1 aliphatic rings. The van der Waals surface area contributed by atoms with Crippen LogP contribution in [0.3, 0.4) is 0 Å². The maximum Gasteiger partial charge on any atom is 0.338 e. The van der Waals surface area contributed by atoms with Crippen LogP contribution in [0.5, 0.6) is 0 Å². The molecule has 0 saturated carbocycles. The smallest absolute Gasteiger partial charge is 0.338 e. The molecular weight excluding hydrogens is 232 g/mol. The maximum atomic E-state index is 11.4. The average molecular weight is 244 g/mol. The first-order chi connectivity index (χ1) is 8.56. The van der Waals surface area contributed by atoms with E-state index >= 15 is 0 Å². The van der Waals surface area contributed by atoms with Crippen LogP contribution in [0.1, 0.15) is 13.3 Å². The molecule has 2 rings (SSSR count). The molecule has 4 heteroatoms. The third kappa shape index (κ3) is 2.66. The summed E-state index contributed by atoms with van der Waals surface area (Å²) in [6.07, 6.45) is 5.51. The normalized spacial score (nSPS) is 13.3. The standard InChI is InChI=1S/C14H12O4/c1-9(2)14(16)17-11-5-3-10-4-8-13(15)18-12(10)7-6-11/h3-5,7-8H,1,6H2,2H3. The highest BCUT2D eigenvalue weighted by atomic mass is 16.5. The van der Waals surface area contributed by atoms with Crippen molar-refractivity contribution in [2.75, 3.05) is 0 Å². The monoisotopic (exact) mass is 244 g/mol. The number of fused-ring (bicyclic) bond motifs is 1. The fourth-order valence-corrected chi connectivity index (χ4v) is 1.46. The highest BCUT2D eigenvalue weighted by Gasteiger charge is 2.07. The van der Waals surface area contributed by atoms with Crippen LogP contribution in [-0.4, -0.2) is 5.97 Å². The summed E-state index contributed by atoms with van der Waals surface area (Å²) in [6.45, 7) is 5.10. The number of carbonyl (C=O) groups excluding carboxylic acids is 1. The molecule has 0 unspecified atom stereocenters. The molecule has 0 spiro atoms. The highest BCUT2D eigenvalue weighted by Crippen LogP contribution is 2.09. The summed E-state index contributed by atoms with van der Waals surface area (Å²) in [5, 5.41) is 0.774. The number of hydrogen-bond acceptors (Lipinski definition) is 4. The van der Waals surface area contributed by atoms with Crippen LogP contribution in [0.25, 0.3) is 12.2 Å². The molecule has 1 aromatic heterocycles. The SMILES string of the molecule is C=C(C)C(=O)OC1=CC=c2ccc(=O)oc2=CC1. The molecule has 0 atom stereocenters. The number of ether oxygens (including phenoxy) is 1. The van der Waals surface area contributed by atoms with Gasteiger partial charge in [-0.3, -0.25) is 0 Å². The minimum Gasteiger partial charge on any atom is -0.427 e. The Hall–Kier alpha value is -2.36. The first kappa shape index (κ1) is 12.1. The molecule has 0 aromatic carbocycles. The summed E-state index contributed by atoms with van der Waals surface area (Å²) in [7, 11) is 0. The van der Waals surface area contributed by atoms with Crippen molar-refractivity contribution in [1.82, 2.24) is 0 Å². The molecule has 1 aliphatic carbocycles. The van der Waals surface area contributed by atoms with Gasteiger partial charge in [-0.05, 0) is 31.2 Å². The van der Waals surface area contributed by atoms with Gasteiger partial charge in [-0.15, -0.1) is 0 Å². The molecule has 0 N–H and O–H groups in total. The molecule has 0 amide bonds. The van der Waals surface area contributed by atoms with Crippen LogP contribution in [0.4, 0.5) is 0 Å². The molecule has 1 aromatic rings. The van der Waals surface area contributed by atoms with E-state index in [0.717, 1.165) is 5.22 Å². The summed E-state index contributed by atoms with van der Waals surface area (Å²) in [6, 6.07) is 3.01. The van der Waals surface area contributed by atoms with Crippen molar-refractivity contribution in [1.29, 1.82) is 0 Å². The molecule has 0 radical (unpaired) electrons. The zero-order valence-electron chi connectivity index (χ0n) is 9.93. The van der Waals surface area contributed by atoms with E-state index in [1.165, 1.54) is 6.07 Å². The van der Waals surface area contributed by atoms with Gasteiger partial charge in [-0.25, -0.2) is 9.59 Å². The molecule has 0 bridgehead atoms. The van der Waals surface area contributed by atoms with Crippen LogP contribution in [0.2, 0.25) is 0 Å². The van der Waals surface area contributed by atoms with Gasteiger partial charge >= 0.3 is 11.6 Å². The van der Waals surface area contributed by atoms with Gasteiger partial charge in [0.15, 0.2) is 0 Å². The minimum atomic E-state index is -0.463. The molecular formula is C14H12O4. The van der Waals surface area contributed by atoms with Crippen molar-refractivity contribution in [2.24, 2.45) is 0 Å². The number of rotatable bonds is 2. The van der Waals surface area contributed by atoms with E-state index in [1.807, 2.05) is 0 Å². The number of allylic oxidation sites excluding steroid dienone is 2. The van der Waals surface area contributed by atoms with E-state index in [0.29, 0.717) is 23.2 Å². The summed E-state index contributed by atoms with van der Waals surface area (Å²) in [5.41, 5.74) is 0.421. The summed E-state index contributed by atoms with van der Waals surface area (Å²) in [4.78, 5) is 22.5. The Balaban J connectivity index is 2.32. The van der Waals surface area contributed by atoms with E-state index in [9.17, 15) is 9.59 Å².